The highest BCUT2D eigenvalue weighted by atomic mass is 32.2. The van der Waals surface area contributed by atoms with Gasteiger partial charge in [0.2, 0.25) is 0 Å². The molecule has 1 aliphatic rings. The van der Waals surface area contributed by atoms with E-state index in [9.17, 15) is 9.90 Å². The molecule has 100 valence electrons. The molecule has 0 spiro atoms. The maximum atomic E-state index is 11.2. The lowest BCUT2D eigenvalue weighted by Gasteiger charge is -2.28. The first-order chi connectivity index (χ1) is 7.96. The molecular formula is C10H20O5SSi. The van der Waals surface area contributed by atoms with Gasteiger partial charge in [-0.3, -0.25) is 4.79 Å². The molecule has 1 aliphatic heterocycles. The molecule has 2 atom stereocenters. The summed E-state index contributed by atoms with van der Waals surface area (Å²) in [5.74, 6) is -0.830. The lowest BCUT2D eigenvalue weighted by Crippen LogP contribution is -2.54. The highest BCUT2D eigenvalue weighted by molar-refractivity contribution is 8.11. The van der Waals surface area contributed by atoms with E-state index in [0.717, 1.165) is 0 Å². The normalized spacial score (nSPS) is 28.1. The summed E-state index contributed by atoms with van der Waals surface area (Å²) in [5, 5.41) is 9.19. The van der Waals surface area contributed by atoms with Crippen LogP contribution in [0.5, 0.6) is 0 Å². The van der Waals surface area contributed by atoms with Crippen LogP contribution in [0.2, 0.25) is 0 Å². The maximum Gasteiger partial charge on any atom is 0.516 e. The Labute approximate surface area is 107 Å². The molecule has 1 rings (SSSR count). The van der Waals surface area contributed by atoms with Crippen LogP contribution in [-0.2, 0) is 18.1 Å². The van der Waals surface area contributed by atoms with E-state index in [2.05, 4.69) is 0 Å². The van der Waals surface area contributed by atoms with E-state index in [-0.39, 0.29) is 4.87 Å². The van der Waals surface area contributed by atoms with Crippen molar-refractivity contribution in [3.05, 3.63) is 0 Å². The minimum atomic E-state index is -2.88. The minimum absolute atomic E-state index is 0.202. The van der Waals surface area contributed by atoms with E-state index in [0.29, 0.717) is 19.8 Å². The van der Waals surface area contributed by atoms with Crippen LogP contribution in [-0.4, -0.2) is 49.3 Å². The summed E-state index contributed by atoms with van der Waals surface area (Å²) in [7, 11) is -2.88. The average Bonchev–Trinajstić information content (AvgIpc) is 2.94. The molecule has 0 radical (unpaired) electrons. The molecule has 2 unspecified atom stereocenters. The molecule has 17 heavy (non-hydrogen) atoms. The number of carboxylic acid groups (broad SMARTS) is 1. The van der Waals surface area contributed by atoms with Crippen LogP contribution in [0.25, 0.3) is 0 Å². The van der Waals surface area contributed by atoms with E-state index in [1.54, 1.807) is 6.92 Å². The molecule has 0 aromatic rings. The lowest BCUT2D eigenvalue weighted by molar-refractivity contribution is -0.138. The van der Waals surface area contributed by atoms with Gasteiger partial charge < -0.3 is 18.4 Å². The van der Waals surface area contributed by atoms with Crippen molar-refractivity contribution in [2.45, 2.75) is 37.3 Å². The summed E-state index contributed by atoms with van der Waals surface area (Å²) < 4.78 is 16.2. The summed E-state index contributed by atoms with van der Waals surface area (Å²) in [6.45, 7) is 8.71. The van der Waals surface area contributed by atoms with Crippen LogP contribution in [0.1, 0.15) is 27.7 Å². The summed E-state index contributed by atoms with van der Waals surface area (Å²) in [6, 6.07) is 0. The SMILES string of the molecule is CCO[Si](OCC)(OCC)C1SC1(C)C(=O)O. The Morgan fingerprint density at radius 3 is 1.88 bits per heavy atom. The van der Waals surface area contributed by atoms with Crippen LogP contribution in [0.4, 0.5) is 0 Å². The fourth-order valence-electron chi connectivity index (χ4n) is 1.74. The predicted octanol–water partition coefficient (Wildman–Crippen LogP) is 1.53. The van der Waals surface area contributed by atoms with Crippen molar-refractivity contribution in [1.29, 1.82) is 0 Å². The lowest BCUT2D eigenvalue weighted by atomic mass is 10.2. The first-order valence-corrected chi connectivity index (χ1v) is 8.48. The minimum Gasteiger partial charge on any atom is -0.480 e. The molecule has 0 aromatic heterocycles. The predicted molar refractivity (Wildman–Crippen MR) is 68.1 cm³/mol. The van der Waals surface area contributed by atoms with Gasteiger partial charge in [-0.2, -0.15) is 0 Å². The number of hydrogen-bond acceptors (Lipinski definition) is 5. The molecule has 1 heterocycles. The van der Waals surface area contributed by atoms with Crippen molar-refractivity contribution in [3.8, 4) is 0 Å². The molecule has 0 bridgehead atoms. The summed E-state index contributed by atoms with van der Waals surface area (Å²) in [6.07, 6.45) is 0. The number of thioether (sulfide) groups is 1. The first-order valence-electron chi connectivity index (χ1n) is 5.79. The van der Waals surface area contributed by atoms with Gasteiger partial charge in [-0.25, -0.2) is 0 Å². The standard InChI is InChI=1S/C10H20O5SSi/c1-5-13-17(14-6-2,15-7-3)9-10(4,16-9)8(11)12/h9H,5-7H2,1-4H3,(H,11,12). The van der Waals surface area contributed by atoms with Gasteiger partial charge in [0.05, 0.1) is 0 Å². The summed E-state index contributed by atoms with van der Waals surface area (Å²) in [4.78, 5) is 11.0. The van der Waals surface area contributed by atoms with E-state index in [1.807, 2.05) is 20.8 Å². The van der Waals surface area contributed by atoms with Gasteiger partial charge in [-0.05, 0) is 27.7 Å². The molecule has 0 aromatic carbocycles. The summed E-state index contributed by atoms with van der Waals surface area (Å²) >= 11 is 1.36. The molecule has 7 heteroatoms. The molecule has 1 N–H and O–H groups in total. The van der Waals surface area contributed by atoms with Gasteiger partial charge >= 0.3 is 14.8 Å². The largest absolute Gasteiger partial charge is 0.516 e. The average molecular weight is 280 g/mol. The second-order valence-corrected chi connectivity index (χ2v) is 8.44. The number of aliphatic carboxylic acids is 1. The van der Waals surface area contributed by atoms with Crippen LogP contribution in [0.3, 0.4) is 0 Å². The van der Waals surface area contributed by atoms with E-state index >= 15 is 0 Å². The highest BCUT2D eigenvalue weighted by Gasteiger charge is 2.73. The maximum absolute atomic E-state index is 11.2. The highest BCUT2D eigenvalue weighted by Crippen LogP contribution is 2.58. The molecule has 0 amide bonds. The number of hydrogen-bond donors (Lipinski definition) is 1. The van der Waals surface area contributed by atoms with Gasteiger partial charge in [0.1, 0.15) is 9.62 Å². The van der Waals surface area contributed by atoms with Crippen LogP contribution in [0.15, 0.2) is 0 Å². The van der Waals surface area contributed by atoms with Gasteiger partial charge in [-0.15, -0.1) is 11.8 Å². The third kappa shape index (κ3) is 2.85. The number of carboxylic acids is 1. The fraction of sp³-hybridized carbons (Fsp3) is 0.900. The second kappa shape index (κ2) is 5.70. The van der Waals surface area contributed by atoms with Crippen molar-refractivity contribution >= 4 is 26.5 Å². The van der Waals surface area contributed by atoms with E-state index in [4.69, 9.17) is 13.3 Å². The van der Waals surface area contributed by atoms with Gasteiger partial charge in [0.25, 0.3) is 0 Å². The monoisotopic (exact) mass is 280 g/mol. The number of carbonyl (C=O) groups is 1. The molecule has 1 saturated heterocycles. The van der Waals surface area contributed by atoms with E-state index in [1.165, 1.54) is 11.8 Å². The molecule has 0 aliphatic carbocycles. The Bertz CT molecular complexity index is 271. The second-order valence-electron chi connectivity index (χ2n) is 3.81. The zero-order chi connectivity index (χ0) is 13.1. The Hall–Kier alpha value is -0.0831. The molecular weight excluding hydrogens is 260 g/mol. The van der Waals surface area contributed by atoms with Crippen LogP contribution in [0, 0.1) is 0 Å². The first kappa shape index (κ1) is 15.0. The zero-order valence-corrected chi connectivity index (χ0v) is 12.5. The van der Waals surface area contributed by atoms with Gasteiger partial charge in [0, 0.05) is 19.8 Å². The molecule has 5 nitrogen and oxygen atoms in total. The Balaban J connectivity index is 2.87. The molecule has 1 fully saturated rings. The zero-order valence-electron chi connectivity index (χ0n) is 10.7. The van der Waals surface area contributed by atoms with Crippen molar-refractivity contribution in [2.24, 2.45) is 0 Å². The summed E-state index contributed by atoms with van der Waals surface area (Å²) in [5.41, 5.74) is 0. The third-order valence-corrected chi connectivity index (χ3v) is 8.66. The van der Waals surface area contributed by atoms with Crippen LogP contribution < -0.4 is 0 Å². The molecule has 0 saturated carbocycles. The van der Waals surface area contributed by atoms with Crippen molar-refractivity contribution < 1.29 is 23.2 Å². The fourth-order valence-corrected chi connectivity index (χ4v) is 7.43. The van der Waals surface area contributed by atoms with Crippen molar-refractivity contribution in [3.63, 3.8) is 0 Å². The number of rotatable bonds is 8. The quantitative estimate of drug-likeness (QED) is 0.537. The Kier molecular flexibility index (Phi) is 5.03. The van der Waals surface area contributed by atoms with Crippen molar-refractivity contribution in [1.82, 2.24) is 0 Å². The topological polar surface area (TPSA) is 65.0 Å². The third-order valence-electron chi connectivity index (χ3n) is 2.59. The van der Waals surface area contributed by atoms with E-state index < -0.39 is 19.5 Å². The Morgan fingerprint density at radius 2 is 1.65 bits per heavy atom. The van der Waals surface area contributed by atoms with Gasteiger partial charge in [0.15, 0.2) is 0 Å². The van der Waals surface area contributed by atoms with Crippen LogP contribution >= 0.6 is 11.8 Å². The van der Waals surface area contributed by atoms with Crippen molar-refractivity contribution in [2.75, 3.05) is 19.8 Å². The smallest absolute Gasteiger partial charge is 0.480 e. The Morgan fingerprint density at radius 1 is 1.24 bits per heavy atom. The van der Waals surface area contributed by atoms with Gasteiger partial charge in [-0.1, -0.05) is 0 Å².